The number of fused-ring (bicyclic) bond motifs is 5. The highest BCUT2D eigenvalue weighted by Gasteiger charge is 2.60. The molecule has 7 atom stereocenters. The zero-order valence-corrected chi connectivity index (χ0v) is 19.7. The number of Topliss-reactive ketones (excluding diaryl/α,β-unsaturated/α-hetero) is 1. The Hall–Kier alpha value is -1.79. The summed E-state index contributed by atoms with van der Waals surface area (Å²) in [5, 5.41) is 0. The summed E-state index contributed by atoms with van der Waals surface area (Å²) in [5.41, 5.74) is 1.10. The van der Waals surface area contributed by atoms with Gasteiger partial charge in [0, 0.05) is 24.9 Å². The normalized spacial score (nSPS) is 38.9. The molecule has 6 heteroatoms. The Bertz CT molecular complexity index is 843. The van der Waals surface area contributed by atoms with Gasteiger partial charge in [-0.2, -0.15) is 0 Å². The van der Waals surface area contributed by atoms with Crippen LogP contribution in [0.3, 0.4) is 0 Å². The average molecular weight is 445 g/mol. The maximum atomic E-state index is 13.5. The number of ether oxygens (including phenoxy) is 3. The maximum absolute atomic E-state index is 13.5. The van der Waals surface area contributed by atoms with Crippen LogP contribution in [-0.2, 0) is 28.6 Å². The van der Waals surface area contributed by atoms with E-state index in [1.54, 1.807) is 13.0 Å². The van der Waals surface area contributed by atoms with Gasteiger partial charge in [0.15, 0.2) is 12.6 Å². The Morgan fingerprint density at radius 1 is 1.16 bits per heavy atom. The lowest BCUT2D eigenvalue weighted by Crippen LogP contribution is -2.51. The molecule has 3 fully saturated rings. The predicted octanol–water partition coefficient (Wildman–Crippen LogP) is 4.38. The fourth-order valence-electron chi connectivity index (χ4n) is 7.34. The van der Waals surface area contributed by atoms with Gasteiger partial charge >= 0.3 is 5.97 Å². The van der Waals surface area contributed by atoms with Crippen molar-refractivity contribution in [2.45, 2.75) is 72.0 Å². The van der Waals surface area contributed by atoms with Gasteiger partial charge in [-0.15, -0.1) is 0 Å². The summed E-state index contributed by atoms with van der Waals surface area (Å²) in [6.07, 6.45) is 10.5. The summed E-state index contributed by atoms with van der Waals surface area (Å²) >= 11 is 0. The molecule has 176 valence electrons. The van der Waals surface area contributed by atoms with Crippen LogP contribution in [0.1, 0.15) is 65.7 Å². The van der Waals surface area contributed by atoms with E-state index in [2.05, 4.69) is 19.9 Å². The van der Waals surface area contributed by atoms with Gasteiger partial charge in [-0.05, 0) is 73.8 Å². The lowest BCUT2D eigenvalue weighted by Gasteiger charge is -2.57. The van der Waals surface area contributed by atoms with Crippen molar-refractivity contribution >= 4 is 17.5 Å². The average Bonchev–Trinajstić information content (AvgIpc) is 3.13. The maximum Gasteiger partial charge on any atom is 0.308 e. The molecule has 32 heavy (non-hydrogen) atoms. The Kier molecular flexibility index (Phi) is 6.47. The van der Waals surface area contributed by atoms with E-state index in [1.807, 2.05) is 6.08 Å². The van der Waals surface area contributed by atoms with E-state index in [-0.39, 0.29) is 41.5 Å². The van der Waals surface area contributed by atoms with E-state index in [4.69, 9.17) is 14.2 Å². The number of esters is 1. The first kappa shape index (κ1) is 23.4. The molecule has 6 nitrogen and oxygen atoms in total. The quantitative estimate of drug-likeness (QED) is 0.428. The van der Waals surface area contributed by atoms with Gasteiger partial charge in [0.1, 0.15) is 0 Å². The molecular formula is C26H36O6. The molecule has 0 bridgehead atoms. The summed E-state index contributed by atoms with van der Waals surface area (Å²) in [7, 11) is 1.48. The third-order valence-electron chi connectivity index (χ3n) is 9.00. The standard InChI is InChI=1S/C26H36O6/c1-5-22(28)32-24(31-15-30-4)23(29)21-9-8-19-18-7-6-16-14-17(27)10-12-25(16,2)20(18)11-13-26(19,21)3/h10,12,14,18-21,24H,5-9,11,13,15H2,1-4H3/t18-,19-,20-,21+,24?,25-,26-/m0/s1. The highest BCUT2D eigenvalue weighted by atomic mass is 16.8. The molecule has 0 radical (unpaired) electrons. The number of hydrogen-bond donors (Lipinski definition) is 0. The molecular weight excluding hydrogens is 408 g/mol. The molecule has 0 aliphatic heterocycles. The number of carbonyl (C=O) groups is 3. The van der Waals surface area contributed by atoms with Crippen LogP contribution in [0.4, 0.5) is 0 Å². The van der Waals surface area contributed by atoms with Crippen LogP contribution in [-0.4, -0.2) is 37.7 Å². The van der Waals surface area contributed by atoms with Gasteiger partial charge in [-0.25, -0.2) is 0 Å². The molecule has 0 aromatic heterocycles. The molecule has 4 aliphatic rings. The van der Waals surface area contributed by atoms with Gasteiger partial charge < -0.3 is 14.2 Å². The van der Waals surface area contributed by atoms with Crippen molar-refractivity contribution in [2.75, 3.05) is 13.9 Å². The van der Waals surface area contributed by atoms with Gasteiger partial charge in [0.25, 0.3) is 6.29 Å². The smallest absolute Gasteiger partial charge is 0.308 e. The van der Waals surface area contributed by atoms with E-state index in [0.29, 0.717) is 17.8 Å². The van der Waals surface area contributed by atoms with Crippen LogP contribution in [0.25, 0.3) is 0 Å². The van der Waals surface area contributed by atoms with Crippen molar-refractivity contribution in [3.63, 3.8) is 0 Å². The number of allylic oxidation sites excluding steroid dienone is 4. The van der Waals surface area contributed by atoms with Crippen LogP contribution in [0.15, 0.2) is 23.8 Å². The minimum absolute atomic E-state index is 0.0545. The topological polar surface area (TPSA) is 78.9 Å². The van der Waals surface area contributed by atoms with Crippen molar-refractivity contribution in [3.05, 3.63) is 23.8 Å². The minimum Gasteiger partial charge on any atom is -0.428 e. The second-order valence-corrected chi connectivity index (χ2v) is 10.4. The fraction of sp³-hybridized carbons (Fsp3) is 0.731. The van der Waals surface area contributed by atoms with Crippen LogP contribution in [0.2, 0.25) is 0 Å². The van der Waals surface area contributed by atoms with Crippen molar-refractivity contribution in [1.82, 2.24) is 0 Å². The largest absolute Gasteiger partial charge is 0.428 e. The van der Waals surface area contributed by atoms with Crippen molar-refractivity contribution < 1.29 is 28.6 Å². The Morgan fingerprint density at radius 3 is 2.66 bits per heavy atom. The Morgan fingerprint density at radius 2 is 1.94 bits per heavy atom. The van der Waals surface area contributed by atoms with E-state index in [0.717, 1.165) is 38.5 Å². The monoisotopic (exact) mass is 444 g/mol. The second kappa shape index (κ2) is 8.86. The second-order valence-electron chi connectivity index (χ2n) is 10.4. The number of rotatable bonds is 7. The van der Waals surface area contributed by atoms with E-state index in [9.17, 15) is 14.4 Å². The molecule has 0 heterocycles. The van der Waals surface area contributed by atoms with Crippen molar-refractivity contribution in [3.8, 4) is 0 Å². The van der Waals surface area contributed by atoms with E-state index < -0.39 is 12.3 Å². The SMILES string of the molecule is CCC(=O)OC(OCOC)C(=O)[C@H]1CC[C@H]2[C@@H]3CCC4=CC(=O)C=C[C@]4(C)[C@H]3CC[C@]12C. The molecule has 1 unspecified atom stereocenters. The molecule has 3 saturated carbocycles. The number of methoxy groups -OCH3 is 1. The molecule has 0 aromatic rings. The Labute approximate surface area is 190 Å². The van der Waals surface area contributed by atoms with Crippen molar-refractivity contribution in [1.29, 1.82) is 0 Å². The van der Waals surface area contributed by atoms with Crippen LogP contribution in [0.5, 0.6) is 0 Å². The summed E-state index contributed by atoms with van der Waals surface area (Å²) < 4.78 is 15.8. The highest BCUT2D eigenvalue weighted by Crippen LogP contribution is 2.66. The third kappa shape index (κ3) is 3.79. The first-order valence-corrected chi connectivity index (χ1v) is 12.0. The van der Waals surface area contributed by atoms with Gasteiger partial charge in [-0.1, -0.05) is 32.4 Å². The number of hydrogen-bond acceptors (Lipinski definition) is 6. The Balaban J connectivity index is 1.55. The summed E-state index contributed by atoms with van der Waals surface area (Å²) in [4.78, 5) is 37.4. The number of carbonyl (C=O) groups excluding carboxylic acids is 3. The predicted molar refractivity (Wildman–Crippen MR) is 118 cm³/mol. The summed E-state index contributed by atoms with van der Waals surface area (Å²) in [6.45, 7) is 6.15. The van der Waals surface area contributed by atoms with Crippen LogP contribution in [0, 0.1) is 34.5 Å². The first-order valence-electron chi connectivity index (χ1n) is 12.0. The lowest BCUT2D eigenvalue weighted by atomic mass is 9.47. The molecule has 0 aromatic carbocycles. The van der Waals surface area contributed by atoms with Gasteiger partial charge in [0.2, 0.25) is 5.78 Å². The molecule has 0 saturated heterocycles. The first-order chi connectivity index (χ1) is 15.2. The van der Waals surface area contributed by atoms with Crippen molar-refractivity contribution in [2.24, 2.45) is 34.5 Å². The summed E-state index contributed by atoms with van der Waals surface area (Å²) in [5.74, 6) is 0.823. The van der Waals surface area contributed by atoms with Crippen LogP contribution >= 0.6 is 0 Å². The van der Waals surface area contributed by atoms with Gasteiger partial charge in [0.05, 0.1) is 0 Å². The lowest BCUT2D eigenvalue weighted by molar-refractivity contribution is -0.205. The van der Waals surface area contributed by atoms with E-state index in [1.165, 1.54) is 12.7 Å². The highest BCUT2D eigenvalue weighted by molar-refractivity contribution is 6.01. The molecule has 4 rings (SSSR count). The molecule has 0 N–H and O–H groups in total. The molecule has 0 spiro atoms. The fourth-order valence-corrected chi connectivity index (χ4v) is 7.34. The summed E-state index contributed by atoms with van der Waals surface area (Å²) in [6, 6.07) is 0. The van der Waals surface area contributed by atoms with Gasteiger partial charge in [-0.3, -0.25) is 14.4 Å². The van der Waals surface area contributed by atoms with E-state index >= 15 is 0 Å². The van der Waals surface area contributed by atoms with Crippen LogP contribution < -0.4 is 0 Å². The zero-order valence-electron chi connectivity index (χ0n) is 19.7. The third-order valence-corrected chi connectivity index (χ3v) is 9.00. The minimum atomic E-state index is -1.20. The zero-order chi connectivity index (χ0) is 23.1. The number of ketones is 2. The molecule has 4 aliphatic carbocycles. The molecule has 0 amide bonds.